The van der Waals surface area contributed by atoms with Gasteiger partial charge in [-0.25, -0.2) is 8.42 Å². The van der Waals surface area contributed by atoms with Gasteiger partial charge in [-0.15, -0.1) is 0 Å². The van der Waals surface area contributed by atoms with E-state index in [0.29, 0.717) is 35.5 Å². The zero-order valence-corrected chi connectivity index (χ0v) is 16.3. The van der Waals surface area contributed by atoms with Gasteiger partial charge >= 0.3 is 0 Å². The van der Waals surface area contributed by atoms with Crippen LogP contribution in [0.5, 0.6) is 0 Å². The van der Waals surface area contributed by atoms with Gasteiger partial charge in [0.05, 0.1) is 4.90 Å². The normalized spacial score (nSPS) is 16.4. The van der Waals surface area contributed by atoms with Crippen LogP contribution in [0.3, 0.4) is 0 Å². The average Bonchev–Trinajstić information content (AvgIpc) is 2.55. The van der Waals surface area contributed by atoms with Crippen molar-refractivity contribution in [1.82, 2.24) is 4.31 Å². The molecular formula is C18H21BrN2O2S. The van der Waals surface area contributed by atoms with Crippen LogP contribution in [-0.2, 0) is 10.0 Å². The van der Waals surface area contributed by atoms with Gasteiger partial charge in [0.15, 0.2) is 0 Å². The first-order chi connectivity index (χ1) is 11.4. The molecule has 1 fully saturated rings. The molecule has 3 rings (SSSR count). The maximum Gasteiger partial charge on any atom is 0.244 e. The fourth-order valence-corrected chi connectivity index (χ4v) is 5.64. The zero-order valence-electron chi connectivity index (χ0n) is 13.9. The van der Waals surface area contributed by atoms with Crippen LogP contribution in [-0.4, -0.2) is 38.9 Å². The molecule has 0 spiro atoms. The molecule has 0 aromatic heterocycles. The number of nitrogens with zero attached hydrogens (tertiary/aromatic N) is 2. The van der Waals surface area contributed by atoms with Crippen molar-refractivity contribution in [2.75, 3.05) is 31.1 Å². The highest BCUT2D eigenvalue weighted by Crippen LogP contribution is 2.29. The Bertz CT molecular complexity index is 824. The van der Waals surface area contributed by atoms with E-state index in [2.05, 4.69) is 52.9 Å². The Morgan fingerprint density at radius 2 is 1.46 bits per heavy atom. The molecule has 0 aliphatic carbocycles. The number of rotatable bonds is 3. The summed E-state index contributed by atoms with van der Waals surface area (Å²) >= 11 is 3.35. The highest BCUT2D eigenvalue weighted by Gasteiger charge is 2.30. The number of aryl methyl sites for hydroxylation is 2. The minimum Gasteiger partial charge on any atom is -0.368 e. The summed E-state index contributed by atoms with van der Waals surface area (Å²) in [6.07, 6.45) is 0. The molecule has 0 radical (unpaired) electrons. The standard InChI is InChI=1S/C18H21BrN2O2S/c1-14-6-5-7-15(2)18(14)20-10-12-21(13-11-20)24(22,23)17-9-4-3-8-16(17)19/h3-9H,10-13H2,1-2H3. The van der Waals surface area contributed by atoms with E-state index in [1.807, 2.05) is 6.07 Å². The second-order valence-corrected chi connectivity index (χ2v) is 8.82. The maximum atomic E-state index is 12.9. The summed E-state index contributed by atoms with van der Waals surface area (Å²) < 4.78 is 27.9. The molecule has 6 heteroatoms. The quantitative estimate of drug-likeness (QED) is 0.778. The monoisotopic (exact) mass is 408 g/mol. The van der Waals surface area contributed by atoms with Crippen LogP contribution < -0.4 is 4.90 Å². The van der Waals surface area contributed by atoms with Crippen molar-refractivity contribution in [3.8, 4) is 0 Å². The highest BCUT2D eigenvalue weighted by molar-refractivity contribution is 9.10. The second kappa shape index (κ2) is 6.86. The number of hydrogen-bond acceptors (Lipinski definition) is 3. The minimum atomic E-state index is -3.46. The van der Waals surface area contributed by atoms with Gasteiger partial charge in [-0.2, -0.15) is 4.31 Å². The van der Waals surface area contributed by atoms with E-state index in [1.165, 1.54) is 16.8 Å². The predicted molar refractivity (Wildman–Crippen MR) is 101 cm³/mol. The molecule has 4 nitrogen and oxygen atoms in total. The lowest BCUT2D eigenvalue weighted by atomic mass is 10.1. The van der Waals surface area contributed by atoms with E-state index < -0.39 is 10.0 Å². The summed E-state index contributed by atoms with van der Waals surface area (Å²) in [6.45, 7) is 6.61. The molecule has 2 aromatic rings. The van der Waals surface area contributed by atoms with Crippen molar-refractivity contribution in [2.45, 2.75) is 18.7 Å². The van der Waals surface area contributed by atoms with Crippen LogP contribution >= 0.6 is 15.9 Å². The summed E-state index contributed by atoms with van der Waals surface area (Å²) in [7, 11) is -3.46. The summed E-state index contributed by atoms with van der Waals surface area (Å²) in [5.74, 6) is 0. The third-order valence-corrected chi connectivity index (χ3v) is 7.36. The molecule has 128 valence electrons. The van der Waals surface area contributed by atoms with Gasteiger partial charge in [0.1, 0.15) is 0 Å². The SMILES string of the molecule is Cc1cccc(C)c1N1CCN(S(=O)(=O)c2ccccc2Br)CC1. The van der Waals surface area contributed by atoms with Crippen LogP contribution in [0.2, 0.25) is 0 Å². The van der Waals surface area contributed by atoms with Gasteiger partial charge < -0.3 is 4.90 Å². The van der Waals surface area contributed by atoms with Crippen molar-refractivity contribution < 1.29 is 8.42 Å². The second-order valence-electron chi connectivity index (χ2n) is 6.06. The molecule has 0 saturated carbocycles. The highest BCUT2D eigenvalue weighted by atomic mass is 79.9. The molecule has 24 heavy (non-hydrogen) atoms. The van der Waals surface area contributed by atoms with E-state index in [1.54, 1.807) is 22.5 Å². The average molecular weight is 409 g/mol. The molecule has 0 N–H and O–H groups in total. The predicted octanol–water partition coefficient (Wildman–Crippen LogP) is 3.58. The smallest absolute Gasteiger partial charge is 0.244 e. The molecule has 2 aromatic carbocycles. The lowest BCUT2D eigenvalue weighted by Gasteiger charge is -2.37. The van der Waals surface area contributed by atoms with Crippen LogP contribution in [0.1, 0.15) is 11.1 Å². The Morgan fingerprint density at radius 3 is 2.04 bits per heavy atom. The number of anilines is 1. The van der Waals surface area contributed by atoms with Crippen molar-refractivity contribution >= 4 is 31.6 Å². The Kier molecular flexibility index (Phi) is 4.99. The molecule has 0 bridgehead atoms. The molecule has 1 saturated heterocycles. The lowest BCUT2D eigenvalue weighted by Crippen LogP contribution is -2.49. The van der Waals surface area contributed by atoms with Crippen molar-refractivity contribution in [2.24, 2.45) is 0 Å². The number of para-hydroxylation sites is 1. The fraction of sp³-hybridized carbons (Fsp3) is 0.333. The number of sulfonamides is 1. The van der Waals surface area contributed by atoms with E-state index in [0.717, 1.165) is 0 Å². The molecule has 1 aliphatic rings. The van der Waals surface area contributed by atoms with Crippen molar-refractivity contribution in [3.63, 3.8) is 0 Å². The summed E-state index contributed by atoms with van der Waals surface area (Å²) in [5.41, 5.74) is 3.70. The van der Waals surface area contributed by atoms with Gasteiger partial charge in [-0.3, -0.25) is 0 Å². The Morgan fingerprint density at radius 1 is 0.875 bits per heavy atom. The van der Waals surface area contributed by atoms with Gasteiger partial charge in [0.25, 0.3) is 0 Å². The number of piperazine rings is 1. The molecule has 1 heterocycles. The van der Waals surface area contributed by atoms with Gasteiger partial charge in [-0.05, 0) is 53.0 Å². The maximum absolute atomic E-state index is 12.9. The Hall–Kier alpha value is -1.37. The lowest BCUT2D eigenvalue weighted by molar-refractivity contribution is 0.384. The molecular weight excluding hydrogens is 388 g/mol. The van der Waals surface area contributed by atoms with Gasteiger partial charge in [0.2, 0.25) is 10.0 Å². The molecule has 1 aliphatic heterocycles. The van der Waals surface area contributed by atoms with E-state index >= 15 is 0 Å². The van der Waals surface area contributed by atoms with Crippen molar-refractivity contribution in [3.05, 3.63) is 58.1 Å². The van der Waals surface area contributed by atoms with Gasteiger partial charge in [0, 0.05) is 36.3 Å². The Balaban J connectivity index is 1.79. The summed E-state index contributed by atoms with van der Waals surface area (Å²) in [5, 5.41) is 0. The van der Waals surface area contributed by atoms with E-state index in [4.69, 9.17) is 0 Å². The largest absolute Gasteiger partial charge is 0.368 e. The van der Waals surface area contributed by atoms with Crippen LogP contribution in [0.4, 0.5) is 5.69 Å². The first kappa shape index (κ1) is 17.5. The minimum absolute atomic E-state index is 0.338. The first-order valence-electron chi connectivity index (χ1n) is 7.97. The van der Waals surface area contributed by atoms with Crippen molar-refractivity contribution in [1.29, 1.82) is 0 Å². The number of benzene rings is 2. The number of hydrogen-bond donors (Lipinski definition) is 0. The molecule has 0 unspecified atom stereocenters. The first-order valence-corrected chi connectivity index (χ1v) is 10.2. The van der Waals surface area contributed by atoms with Crippen LogP contribution in [0, 0.1) is 13.8 Å². The van der Waals surface area contributed by atoms with Crippen LogP contribution in [0.15, 0.2) is 51.8 Å². The van der Waals surface area contributed by atoms with E-state index in [9.17, 15) is 8.42 Å². The topological polar surface area (TPSA) is 40.6 Å². The molecule has 0 amide bonds. The van der Waals surface area contributed by atoms with E-state index in [-0.39, 0.29) is 0 Å². The third-order valence-electron chi connectivity index (χ3n) is 4.45. The summed E-state index contributed by atoms with van der Waals surface area (Å²) in [6, 6.07) is 13.3. The van der Waals surface area contributed by atoms with Crippen LogP contribution in [0.25, 0.3) is 0 Å². The Labute approximate surface area is 152 Å². The summed E-state index contributed by atoms with van der Waals surface area (Å²) in [4.78, 5) is 2.63. The molecule has 0 atom stereocenters. The zero-order chi connectivity index (χ0) is 17.3. The number of halogens is 1. The fourth-order valence-electron chi connectivity index (χ4n) is 3.25. The third kappa shape index (κ3) is 3.23. The van der Waals surface area contributed by atoms with Gasteiger partial charge in [-0.1, -0.05) is 30.3 Å².